The highest BCUT2D eigenvalue weighted by molar-refractivity contribution is 7.89. The summed E-state index contributed by atoms with van der Waals surface area (Å²) in [5.74, 6) is -0.980. The molecule has 1 aliphatic rings. The molecule has 0 aromatic heterocycles. The first kappa shape index (κ1) is 18.8. The van der Waals surface area contributed by atoms with Crippen molar-refractivity contribution < 1.29 is 21.9 Å². The molecule has 7 heteroatoms. The van der Waals surface area contributed by atoms with Gasteiger partial charge in [0.25, 0.3) is 0 Å². The predicted octanol–water partition coefficient (Wildman–Crippen LogP) is 3.93. The quantitative estimate of drug-likeness (QED) is 0.806. The van der Waals surface area contributed by atoms with Gasteiger partial charge in [-0.2, -0.15) is 4.31 Å². The lowest BCUT2D eigenvalue weighted by molar-refractivity contribution is 0.401. The number of hydrogen-bond donors (Lipinski definition) is 0. The van der Waals surface area contributed by atoms with Gasteiger partial charge in [0.1, 0.15) is 22.3 Å². The molecule has 0 N–H and O–H groups in total. The minimum absolute atomic E-state index is 0.00481. The fraction of sp³-hybridized carbons (Fsp3) is 0.368. The molecule has 1 atom stereocenters. The number of benzene rings is 2. The van der Waals surface area contributed by atoms with Crippen LogP contribution in [0.3, 0.4) is 0 Å². The largest absolute Gasteiger partial charge is 0.497 e. The highest BCUT2D eigenvalue weighted by atomic mass is 32.2. The first-order chi connectivity index (χ1) is 12.4. The van der Waals surface area contributed by atoms with E-state index in [0.717, 1.165) is 42.4 Å². The van der Waals surface area contributed by atoms with Crippen LogP contribution in [-0.2, 0) is 10.0 Å². The molecule has 1 saturated heterocycles. The van der Waals surface area contributed by atoms with Crippen LogP contribution in [0.25, 0.3) is 0 Å². The lowest BCUT2D eigenvalue weighted by Crippen LogP contribution is -2.34. The Kier molecular flexibility index (Phi) is 5.58. The van der Waals surface area contributed by atoms with Gasteiger partial charge >= 0.3 is 0 Å². The lowest BCUT2D eigenvalue weighted by Gasteiger charge is -2.24. The van der Waals surface area contributed by atoms with E-state index < -0.39 is 26.6 Å². The number of methoxy groups -OCH3 is 1. The average molecular weight is 381 g/mol. The van der Waals surface area contributed by atoms with Gasteiger partial charge in [0, 0.05) is 13.1 Å². The van der Waals surface area contributed by atoms with Gasteiger partial charge < -0.3 is 4.74 Å². The van der Waals surface area contributed by atoms with E-state index in [-0.39, 0.29) is 12.5 Å². The van der Waals surface area contributed by atoms with Crippen LogP contribution in [0.5, 0.6) is 5.75 Å². The van der Waals surface area contributed by atoms with Gasteiger partial charge in [0.05, 0.1) is 7.11 Å². The van der Waals surface area contributed by atoms with Crippen molar-refractivity contribution in [3.63, 3.8) is 0 Å². The Morgan fingerprint density at radius 1 is 1.08 bits per heavy atom. The van der Waals surface area contributed by atoms with Crippen molar-refractivity contribution >= 4 is 10.0 Å². The Hall–Kier alpha value is -1.99. The monoisotopic (exact) mass is 381 g/mol. The van der Waals surface area contributed by atoms with Gasteiger partial charge in [-0.25, -0.2) is 17.2 Å². The zero-order valence-corrected chi connectivity index (χ0v) is 15.3. The Morgan fingerprint density at radius 2 is 1.81 bits per heavy atom. The normalized spacial score (nSPS) is 19.1. The summed E-state index contributed by atoms with van der Waals surface area (Å²) in [6.07, 6.45) is 2.39. The third kappa shape index (κ3) is 3.88. The maximum Gasteiger partial charge on any atom is 0.246 e. The van der Waals surface area contributed by atoms with Crippen LogP contribution >= 0.6 is 0 Å². The molecule has 0 radical (unpaired) electrons. The Bertz CT molecular complexity index is 869. The molecular formula is C19H21F2NO3S. The SMILES string of the molecule is COc1ccc(C2CCCCN(S(=O)(=O)c3cc(F)ccc3F)C2)cc1. The van der Waals surface area contributed by atoms with Crippen molar-refractivity contribution in [1.29, 1.82) is 0 Å². The third-order valence-electron chi connectivity index (χ3n) is 4.73. The molecule has 0 aliphatic carbocycles. The topological polar surface area (TPSA) is 46.6 Å². The number of sulfonamides is 1. The fourth-order valence-electron chi connectivity index (χ4n) is 3.29. The summed E-state index contributed by atoms with van der Waals surface area (Å²) in [7, 11) is -2.51. The molecule has 1 aliphatic heterocycles. The summed E-state index contributed by atoms with van der Waals surface area (Å²) in [5.41, 5.74) is 1.01. The minimum Gasteiger partial charge on any atom is -0.497 e. The molecule has 0 bridgehead atoms. The molecule has 1 unspecified atom stereocenters. The molecule has 2 aromatic carbocycles. The van der Waals surface area contributed by atoms with Crippen molar-refractivity contribution in [2.45, 2.75) is 30.1 Å². The van der Waals surface area contributed by atoms with Gasteiger partial charge in [-0.15, -0.1) is 0 Å². The molecule has 0 spiro atoms. The van der Waals surface area contributed by atoms with E-state index >= 15 is 0 Å². The Labute approximate surface area is 152 Å². The zero-order valence-electron chi connectivity index (χ0n) is 14.5. The van der Waals surface area contributed by atoms with Crippen LogP contribution in [0.4, 0.5) is 8.78 Å². The van der Waals surface area contributed by atoms with Crippen LogP contribution in [0, 0.1) is 11.6 Å². The fourth-order valence-corrected chi connectivity index (χ4v) is 4.89. The van der Waals surface area contributed by atoms with E-state index in [1.807, 2.05) is 24.3 Å². The second-order valence-electron chi connectivity index (χ2n) is 6.40. The maximum absolute atomic E-state index is 14.0. The van der Waals surface area contributed by atoms with Crippen LogP contribution in [0.2, 0.25) is 0 Å². The van der Waals surface area contributed by atoms with Crippen LogP contribution in [0.1, 0.15) is 30.7 Å². The molecule has 2 aromatic rings. The number of hydrogen-bond acceptors (Lipinski definition) is 3. The molecule has 26 heavy (non-hydrogen) atoms. The first-order valence-corrected chi connectivity index (χ1v) is 9.95. The molecule has 140 valence electrons. The van der Waals surface area contributed by atoms with E-state index in [0.29, 0.717) is 13.0 Å². The van der Waals surface area contributed by atoms with Gasteiger partial charge in [0.2, 0.25) is 10.0 Å². The second-order valence-corrected chi connectivity index (χ2v) is 8.31. The first-order valence-electron chi connectivity index (χ1n) is 8.51. The summed E-state index contributed by atoms with van der Waals surface area (Å²) in [4.78, 5) is -0.604. The van der Waals surface area contributed by atoms with Crippen LogP contribution in [0.15, 0.2) is 47.4 Å². The van der Waals surface area contributed by atoms with Crippen molar-refractivity contribution in [3.8, 4) is 5.75 Å². The van der Waals surface area contributed by atoms with Crippen molar-refractivity contribution in [3.05, 3.63) is 59.7 Å². The van der Waals surface area contributed by atoms with Crippen LogP contribution < -0.4 is 4.74 Å². The van der Waals surface area contributed by atoms with Gasteiger partial charge in [-0.05, 0) is 54.7 Å². The standard InChI is InChI=1S/C19H21F2NO3S/c1-25-17-8-5-14(6-9-17)15-4-2-3-11-22(13-15)26(23,24)19-12-16(20)7-10-18(19)21/h5-10,12,15H,2-4,11,13H2,1H3. The molecule has 0 amide bonds. The third-order valence-corrected chi connectivity index (χ3v) is 6.61. The molecule has 1 heterocycles. The molecule has 1 fully saturated rings. The van der Waals surface area contributed by atoms with Crippen molar-refractivity contribution in [2.75, 3.05) is 20.2 Å². The van der Waals surface area contributed by atoms with E-state index in [1.165, 1.54) is 4.31 Å². The summed E-state index contributed by atoms with van der Waals surface area (Å²) < 4.78 is 59.7. The zero-order chi connectivity index (χ0) is 18.7. The highest BCUT2D eigenvalue weighted by Crippen LogP contribution is 2.31. The number of halogens is 2. The van der Waals surface area contributed by atoms with Gasteiger partial charge in [-0.3, -0.25) is 0 Å². The highest BCUT2D eigenvalue weighted by Gasteiger charge is 2.31. The van der Waals surface area contributed by atoms with E-state index in [4.69, 9.17) is 4.74 Å². The number of nitrogens with zero attached hydrogens (tertiary/aromatic N) is 1. The second kappa shape index (κ2) is 7.72. The van der Waals surface area contributed by atoms with Gasteiger partial charge in [-0.1, -0.05) is 18.6 Å². The maximum atomic E-state index is 14.0. The number of rotatable bonds is 4. The Morgan fingerprint density at radius 3 is 2.50 bits per heavy atom. The van der Waals surface area contributed by atoms with Crippen molar-refractivity contribution in [2.24, 2.45) is 0 Å². The average Bonchev–Trinajstić information content (AvgIpc) is 2.90. The molecule has 4 nitrogen and oxygen atoms in total. The molecular weight excluding hydrogens is 360 g/mol. The van der Waals surface area contributed by atoms with E-state index in [1.54, 1.807) is 7.11 Å². The van der Waals surface area contributed by atoms with Crippen LogP contribution in [-0.4, -0.2) is 32.9 Å². The molecule has 0 saturated carbocycles. The summed E-state index contributed by atoms with van der Waals surface area (Å²) in [6.45, 7) is 0.537. The molecule has 3 rings (SSSR count). The summed E-state index contributed by atoms with van der Waals surface area (Å²) in [5, 5.41) is 0. The smallest absolute Gasteiger partial charge is 0.246 e. The lowest BCUT2D eigenvalue weighted by atomic mass is 9.94. The van der Waals surface area contributed by atoms with E-state index in [2.05, 4.69) is 0 Å². The Balaban J connectivity index is 1.89. The predicted molar refractivity (Wildman–Crippen MR) is 94.7 cm³/mol. The minimum atomic E-state index is -4.10. The summed E-state index contributed by atoms with van der Waals surface area (Å²) >= 11 is 0. The van der Waals surface area contributed by atoms with Gasteiger partial charge in [0.15, 0.2) is 0 Å². The summed E-state index contributed by atoms with van der Waals surface area (Å²) in [6, 6.07) is 10.0. The van der Waals surface area contributed by atoms with E-state index in [9.17, 15) is 17.2 Å². The van der Waals surface area contributed by atoms with Crippen molar-refractivity contribution in [1.82, 2.24) is 4.31 Å². The number of ether oxygens (including phenoxy) is 1.